The third kappa shape index (κ3) is 5.81. The number of hydrogen-bond acceptors (Lipinski definition) is 8. The lowest BCUT2D eigenvalue weighted by molar-refractivity contribution is -0.125. The Kier molecular flexibility index (Phi) is 7.15. The second-order valence-electron chi connectivity index (χ2n) is 10.1. The quantitative estimate of drug-likeness (QED) is 0.224. The molecule has 0 bridgehead atoms. The predicted octanol–water partition coefficient (Wildman–Crippen LogP) is 3.39. The Morgan fingerprint density at radius 1 is 1.15 bits per heavy atom. The highest BCUT2D eigenvalue weighted by molar-refractivity contribution is 6.03. The van der Waals surface area contributed by atoms with Gasteiger partial charge in [-0.25, -0.2) is 9.97 Å². The maximum Gasteiger partial charge on any atom is 0.257 e. The van der Waals surface area contributed by atoms with Crippen molar-refractivity contribution in [1.29, 1.82) is 0 Å². The Balaban J connectivity index is 1.09. The minimum absolute atomic E-state index is 0.0346. The highest BCUT2D eigenvalue weighted by Gasteiger charge is 2.27. The summed E-state index contributed by atoms with van der Waals surface area (Å²) in [6, 6.07) is 9.32. The molecule has 1 aromatic carbocycles. The number of rotatable bonds is 10. The van der Waals surface area contributed by atoms with Crippen LogP contribution in [0.25, 0.3) is 11.0 Å². The SMILES string of the molecule is CN(C/C=C/C(=O)N1CCC(Nc2n[nH]c3nccc(Oc4ccc(C(=O)Nc5ncc[nH]5)cc4)c23)C1)C1CC1. The number of benzene rings is 1. The highest BCUT2D eigenvalue weighted by atomic mass is 16.5. The van der Waals surface area contributed by atoms with Crippen molar-refractivity contribution in [3.63, 3.8) is 0 Å². The van der Waals surface area contributed by atoms with Crippen LogP contribution in [0.3, 0.4) is 0 Å². The summed E-state index contributed by atoms with van der Waals surface area (Å²) >= 11 is 0. The number of nitrogens with zero attached hydrogens (tertiary/aromatic N) is 5. The molecule has 206 valence electrons. The molecule has 1 saturated heterocycles. The number of likely N-dealkylation sites (tertiary alicyclic amines) is 1. The number of hydrogen-bond donors (Lipinski definition) is 4. The Morgan fingerprint density at radius 2 is 2.00 bits per heavy atom. The molecule has 1 aliphatic carbocycles. The molecule has 0 spiro atoms. The number of amides is 2. The van der Waals surface area contributed by atoms with E-state index in [9.17, 15) is 9.59 Å². The van der Waals surface area contributed by atoms with Crippen LogP contribution in [-0.4, -0.2) is 85.5 Å². The standard InChI is InChI=1S/C28H31N9O3/c1-36(20-6-7-20)15-2-3-23(38)37-16-11-19(17-37)32-26-24-22(10-12-29-25(24)34-35-26)40-21-8-4-18(5-9-21)27(39)33-28-30-13-14-31-28/h2-5,8-10,12-14,19-20H,6-7,11,15-17H2,1H3,(H2,29,32,34,35)(H2,30,31,33,39)/b3-2+. The van der Waals surface area contributed by atoms with Gasteiger partial charge in [0.05, 0.1) is 0 Å². The summed E-state index contributed by atoms with van der Waals surface area (Å²) in [7, 11) is 2.10. The van der Waals surface area contributed by atoms with E-state index in [0.717, 1.165) is 18.4 Å². The van der Waals surface area contributed by atoms with Crippen molar-refractivity contribution >= 4 is 34.6 Å². The van der Waals surface area contributed by atoms with Gasteiger partial charge in [0, 0.05) is 68.0 Å². The van der Waals surface area contributed by atoms with Gasteiger partial charge in [0.15, 0.2) is 11.5 Å². The van der Waals surface area contributed by atoms with E-state index >= 15 is 0 Å². The second-order valence-corrected chi connectivity index (χ2v) is 10.1. The van der Waals surface area contributed by atoms with Gasteiger partial charge in [0.2, 0.25) is 11.9 Å². The van der Waals surface area contributed by atoms with Crippen molar-refractivity contribution in [1.82, 2.24) is 34.9 Å². The second kappa shape index (κ2) is 11.2. The van der Waals surface area contributed by atoms with Crippen LogP contribution in [0.4, 0.5) is 11.8 Å². The summed E-state index contributed by atoms with van der Waals surface area (Å²) in [5, 5.41) is 14.3. The van der Waals surface area contributed by atoms with Crippen molar-refractivity contribution in [2.75, 3.05) is 37.3 Å². The molecule has 3 aromatic heterocycles. The van der Waals surface area contributed by atoms with E-state index < -0.39 is 0 Å². The van der Waals surface area contributed by atoms with Crippen molar-refractivity contribution in [2.45, 2.75) is 31.3 Å². The molecule has 2 amide bonds. The van der Waals surface area contributed by atoms with E-state index in [1.807, 2.05) is 11.0 Å². The number of fused-ring (bicyclic) bond motifs is 1. The number of likely N-dealkylation sites (N-methyl/N-ethyl adjacent to an activating group) is 1. The topological polar surface area (TPSA) is 144 Å². The van der Waals surface area contributed by atoms with Gasteiger partial charge in [-0.1, -0.05) is 6.08 Å². The molecule has 4 heterocycles. The van der Waals surface area contributed by atoms with E-state index in [0.29, 0.717) is 53.6 Å². The molecule has 2 fully saturated rings. The van der Waals surface area contributed by atoms with Crippen molar-refractivity contribution < 1.29 is 14.3 Å². The van der Waals surface area contributed by atoms with E-state index in [-0.39, 0.29) is 17.9 Å². The number of aromatic amines is 2. The molecule has 4 aromatic rings. The molecule has 2 aliphatic rings. The third-order valence-electron chi connectivity index (χ3n) is 7.16. The summed E-state index contributed by atoms with van der Waals surface area (Å²) in [5.74, 6) is 1.89. The number of imidazole rings is 1. The molecule has 40 heavy (non-hydrogen) atoms. The van der Waals surface area contributed by atoms with Gasteiger partial charge in [0.1, 0.15) is 16.9 Å². The molecule has 4 N–H and O–H groups in total. The molecule has 6 rings (SSSR count). The number of carbonyl (C=O) groups excluding carboxylic acids is 2. The number of pyridine rings is 1. The van der Waals surface area contributed by atoms with Gasteiger partial charge < -0.3 is 19.9 Å². The summed E-state index contributed by atoms with van der Waals surface area (Å²) in [6.45, 7) is 2.07. The van der Waals surface area contributed by atoms with Gasteiger partial charge >= 0.3 is 0 Å². The highest BCUT2D eigenvalue weighted by Crippen LogP contribution is 2.33. The molecule has 1 aliphatic heterocycles. The summed E-state index contributed by atoms with van der Waals surface area (Å²) < 4.78 is 6.17. The van der Waals surface area contributed by atoms with Crippen molar-refractivity contribution in [2.24, 2.45) is 0 Å². The predicted molar refractivity (Wildman–Crippen MR) is 150 cm³/mol. The Bertz CT molecular complexity index is 1510. The maximum absolute atomic E-state index is 12.7. The minimum atomic E-state index is -0.278. The monoisotopic (exact) mass is 541 g/mol. The van der Waals surface area contributed by atoms with Gasteiger partial charge in [-0.3, -0.25) is 24.9 Å². The van der Waals surface area contributed by atoms with E-state index in [4.69, 9.17) is 4.74 Å². The summed E-state index contributed by atoms with van der Waals surface area (Å²) in [6.07, 6.45) is 11.8. The fourth-order valence-electron chi connectivity index (χ4n) is 4.79. The van der Waals surface area contributed by atoms with Gasteiger partial charge in [-0.05, 0) is 50.6 Å². The Hall–Kier alpha value is -4.71. The number of anilines is 2. The van der Waals surface area contributed by atoms with Crippen molar-refractivity contribution in [3.05, 3.63) is 66.6 Å². The number of ether oxygens (including phenoxy) is 1. The average molecular weight is 542 g/mol. The summed E-state index contributed by atoms with van der Waals surface area (Å²) in [4.78, 5) is 40.5. The first-order valence-electron chi connectivity index (χ1n) is 13.4. The molecule has 12 heteroatoms. The van der Waals surface area contributed by atoms with Crippen LogP contribution >= 0.6 is 0 Å². The lowest BCUT2D eigenvalue weighted by Gasteiger charge is -2.16. The van der Waals surface area contributed by atoms with Crippen LogP contribution in [0.1, 0.15) is 29.6 Å². The Labute approximate surface area is 230 Å². The molecular weight excluding hydrogens is 510 g/mol. The first kappa shape index (κ1) is 25.6. The summed E-state index contributed by atoms with van der Waals surface area (Å²) in [5.41, 5.74) is 1.06. The molecule has 0 radical (unpaired) electrons. The molecule has 1 atom stereocenters. The van der Waals surface area contributed by atoms with E-state index in [1.165, 1.54) is 12.8 Å². The van der Waals surface area contributed by atoms with Gasteiger partial charge in [-0.2, -0.15) is 5.10 Å². The fourth-order valence-corrected chi connectivity index (χ4v) is 4.79. The lowest BCUT2D eigenvalue weighted by atomic mass is 10.2. The first-order valence-corrected chi connectivity index (χ1v) is 13.4. The third-order valence-corrected chi connectivity index (χ3v) is 7.16. The molecule has 1 unspecified atom stereocenters. The number of nitrogens with one attached hydrogen (secondary N) is 4. The molecule has 12 nitrogen and oxygen atoms in total. The van der Waals surface area contributed by atoms with Crippen LogP contribution in [-0.2, 0) is 4.79 Å². The van der Waals surface area contributed by atoms with Crippen LogP contribution in [0.2, 0.25) is 0 Å². The largest absolute Gasteiger partial charge is 0.456 e. The van der Waals surface area contributed by atoms with E-state index in [2.05, 4.69) is 47.7 Å². The number of carbonyl (C=O) groups is 2. The smallest absolute Gasteiger partial charge is 0.257 e. The van der Waals surface area contributed by atoms with Gasteiger partial charge in [-0.15, -0.1) is 0 Å². The van der Waals surface area contributed by atoms with Crippen LogP contribution < -0.4 is 15.4 Å². The maximum atomic E-state index is 12.7. The Morgan fingerprint density at radius 3 is 2.77 bits per heavy atom. The fraction of sp³-hybridized carbons (Fsp3) is 0.321. The normalized spacial score (nSPS) is 17.1. The lowest BCUT2D eigenvalue weighted by Crippen LogP contribution is -2.30. The van der Waals surface area contributed by atoms with Crippen molar-refractivity contribution in [3.8, 4) is 11.5 Å². The number of aromatic nitrogens is 5. The minimum Gasteiger partial charge on any atom is -0.456 e. The van der Waals surface area contributed by atoms with E-state index in [1.54, 1.807) is 55.0 Å². The van der Waals surface area contributed by atoms with Crippen LogP contribution in [0.15, 0.2) is 61.1 Å². The zero-order chi connectivity index (χ0) is 27.5. The average Bonchev–Trinajstić information content (AvgIpc) is 3.30. The molecular formula is C28H31N9O3. The van der Waals surface area contributed by atoms with Gasteiger partial charge in [0.25, 0.3) is 5.91 Å². The molecule has 1 saturated carbocycles. The zero-order valence-corrected chi connectivity index (χ0v) is 22.1. The zero-order valence-electron chi connectivity index (χ0n) is 22.1. The number of H-pyrrole nitrogens is 2. The van der Waals surface area contributed by atoms with Crippen LogP contribution in [0.5, 0.6) is 11.5 Å². The first-order chi connectivity index (χ1) is 19.5. The van der Waals surface area contributed by atoms with Crippen LogP contribution in [0, 0.1) is 0 Å².